The summed E-state index contributed by atoms with van der Waals surface area (Å²) in [6.07, 6.45) is 3.47. The predicted molar refractivity (Wildman–Crippen MR) is 74.5 cm³/mol. The van der Waals surface area contributed by atoms with Crippen LogP contribution in [-0.4, -0.2) is 18.2 Å². The fraction of sp³-hybridized carbons (Fsp3) is 0.533. The van der Waals surface area contributed by atoms with Crippen molar-refractivity contribution in [2.45, 2.75) is 44.1 Å². The molecule has 1 saturated carbocycles. The highest BCUT2D eigenvalue weighted by Crippen LogP contribution is 2.42. The Morgan fingerprint density at radius 1 is 1.40 bits per heavy atom. The quantitative estimate of drug-likeness (QED) is 0.917. The summed E-state index contributed by atoms with van der Waals surface area (Å²) in [6.45, 7) is 0.280. The van der Waals surface area contributed by atoms with E-state index in [1.165, 1.54) is 13.2 Å². The molecule has 0 bridgehead atoms. The molecule has 1 aliphatic rings. The Bertz CT molecular complexity index is 510. The lowest BCUT2D eigenvalue weighted by molar-refractivity contribution is -0.145. The first-order valence-electron chi connectivity index (χ1n) is 6.72. The molecule has 0 aromatic heterocycles. The van der Waals surface area contributed by atoms with Gasteiger partial charge in [0, 0.05) is 12.7 Å². The van der Waals surface area contributed by atoms with Crippen LogP contribution in [0.3, 0.4) is 0 Å². The number of hydrogen-bond acceptors (Lipinski definition) is 2. The fourth-order valence-corrected chi connectivity index (χ4v) is 3.24. The topological polar surface area (TPSA) is 46.5 Å². The number of rotatable bonds is 4. The highest BCUT2D eigenvalue weighted by atomic mass is 35.5. The van der Waals surface area contributed by atoms with E-state index in [4.69, 9.17) is 16.3 Å². The van der Waals surface area contributed by atoms with Crippen molar-refractivity contribution >= 4 is 17.6 Å². The van der Waals surface area contributed by atoms with Gasteiger partial charge in [-0.05, 0) is 30.5 Å². The number of aliphatic carboxylic acids is 1. The maximum Gasteiger partial charge on any atom is 0.314 e. The molecule has 1 aromatic rings. The van der Waals surface area contributed by atoms with E-state index >= 15 is 0 Å². The zero-order valence-electron chi connectivity index (χ0n) is 11.4. The van der Waals surface area contributed by atoms with Crippen LogP contribution in [0.5, 0.6) is 0 Å². The lowest BCUT2D eigenvalue weighted by Gasteiger charge is -2.34. The second-order valence-electron chi connectivity index (χ2n) is 5.32. The van der Waals surface area contributed by atoms with Crippen molar-refractivity contribution in [3.63, 3.8) is 0 Å². The summed E-state index contributed by atoms with van der Waals surface area (Å²) < 4.78 is 19.4. The van der Waals surface area contributed by atoms with Crippen molar-refractivity contribution in [1.29, 1.82) is 0 Å². The molecule has 110 valence electrons. The van der Waals surface area contributed by atoms with Crippen LogP contribution in [0.15, 0.2) is 12.1 Å². The van der Waals surface area contributed by atoms with Crippen molar-refractivity contribution < 1.29 is 19.0 Å². The Hall–Kier alpha value is -1.13. The van der Waals surface area contributed by atoms with E-state index in [9.17, 15) is 14.3 Å². The van der Waals surface area contributed by atoms with E-state index in [-0.39, 0.29) is 17.2 Å². The Morgan fingerprint density at radius 2 is 2.05 bits per heavy atom. The molecule has 5 heteroatoms. The van der Waals surface area contributed by atoms with Gasteiger partial charge in [-0.25, -0.2) is 4.39 Å². The number of methoxy groups -OCH3 is 1. The minimum Gasteiger partial charge on any atom is -0.481 e. The molecule has 1 fully saturated rings. The first-order valence-corrected chi connectivity index (χ1v) is 7.10. The fourth-order valence-electron chi connectivity index (χ4n) is 3.00. The van der Waals surface area contributed by atoms with Gasteiger partial charge in [0.2, 0.25) is 0 Å². The molecule has 0 spiro atoms. The lowest BCUT2D eigenvalue weighted by Crippen LogP contribution is -2.38. The Kier molecular flexibility index (Phi) is 4.66. The van der Waals surface area contributed by atoms with E-state index in [0.29, 0.717) is 18.4 Å². The largest absolute Gasteiger partial charge is 0.481 e. The maximum absolute atomic E-state index is 14.4. The highest BCUT2D eigenvalue weighted by molar-refractivity contribution is 6.30. The van der Waals surface area contributed by atoms with Crippen molar-refractivity contribution in [2.24, 2.45) is 0 Å². The molecule has 1 aromatic carbocycles. The van der Waals surface area contributed by atoms with Crippen LogP contribution in [0.25, 0.3) is 0 Å². The molecule has 0 aliphatic heterocycles. The van der Waals surface area contributed by atoms with E-state index in [0.717, 1.165) is 19.3 Å². The SMILES string of the molecule is COCc1cc(Cl)c(F)c(C2(C(=O)O)CCCCC2)c1. The summed E-state index contributed by atoms with van der Waals surface area (Å²) in [5, 5.41) is 9.60. The van der Waals surface area contributed by atoms with Crippen LogP contribution >= 0.6 is 11.6 Å². The molecule has 0 saturated heterocycles. The van der Waals surface area contributed by atoms with Crippen LogP contribution < -0.4 is 0 Å². The van der Waals surface area contributed by atoms with Gasteiger partial charge in [0.05, 0.1) is 17.0 Å². The number of ether oxygens (including phenoxy) is 1. The third-order valence-electron chi connectivity index (χ3n) is 4.03. The minimum atomic E-state index is -1.16. The molecule has 3 nitrogen and oxygen atoms in total. The molecule has 20 heavy (non-hydrogen) atoms. The molecule has 0 radical (unpaired) electrons. The summed E-state index contributed by atoms with van der Waals surface area (Å²) in [4.78, 5) is 11.8. The van der Waals surface area contributed by atoms with Gasteiger partial charge in [0.1, 0.15) is 5.82 Å². The first-order chi connectivity index (χ1) is 9.51. The molecular formula is C15H18ClFO3. The Balaban J connectivity index is 2.55. The summed E-state index contributed by atoms with van der Waals surface area (Å²) >= 11 is 5.92. The average molecular weight is 301 g/mol. The minimum absolute atomic E-state index is 0.0410. The number of hydrogen-bond donors (Lipinski definition) is 1. The van der Waals surface area contributed by atoms with Gasteiger partial charge in [-0.2, -0.15) is 0 Å². The molecule has 1 N–H and O–H groups in total. The molecule has 0 amide bonds. The van der Waals surface area contributed by atoms with Gasteiger partial charge in [-0.15, -0.1) is 0 Å². The van der Waals surface area contributed by atoms with Gasteiger partial charge in [0.15, 0.2) is 0 Å². The summed E-state index contributed by atoms with van der Waals surface area (Å²) in [5.74, 6) is -1.59. The number of carboxylic acids is 1. The second-order valence-corrected chi connectivity index (χ2v) is 5.73. The standard InChI is InChI=1S/C15H18ClFO3/c1-20-9-10-7-11(13(17)12(16)8-10)15(14(18)19)5-3-2-4-6-15/h7-8H,2-6,9H2,1H3,(H,18,19). The predicted octanol–water partition coefficient (Wildman–Crippen LogP) is 3.91. The Labute approximate surface area is 122 Å². The average Bonchev–Trinajstić information content (AvgIpc) is 2.43. The van der Waals surface area contributed by atoms with Crippen molar-refractivity contribution in [2.75, 3.05) is 7.11 Å². The van der Waals surface area contributed by atoms with Crippen LogP contribution in [0.4, 0.5) is 4.39 Å². The van der Waals surface area contributed by atoms with Gasteiger partial charge >= 0.3 is 5.97 Å². The van der Waals surface area contributed by atoms with Crippen LogP contribution in [0.1, 0.15) is 43.2 Å². The Morgan fingerprint density at radius 3 is 2.60 bits per heavy atom. The lowest BCUT2D eigenvalue weighted by atomic mass is 9.69. The molecule has 0 atom stereocenters. The number of carboxylic acid groups (broad SMARTS) is 1. The van der Waals surface area contributed by atoms with Crippen molar-refractivity contribution in [1.82, 2.24) is 0 Å². The second kappa shape index (κ2) is 6.10. The smallest absolute Gasteiger partial charge is 0.314 e. The molecule has 2 rings (SSSR count). The van der Waals surface area contributed by atoms with E-state index in [1.807, 2.05) is 0 Å². The van der Waals surface area contributed by atoms with Gasteiger partial charge in [-0.3, -0.25) is 4.79 Å². The summed E-state index contributed by atoms with van der Waals surface area (Å²) in [7, 11) is 1.53. The van der Waals surface area contributed by atoms with Gasteiger partial charge in [-0.1, -0.05) is 30.9 Å². The zero-order chi connectivity index (χ0) is 14.8. The number of halogens is 2. The highest BCUT2D eigenvalue weighted by Gasteiger charge is 2.43. The summed E-state index contributed by atoms with van der Waals surface area (Å²) in [5.41, 5.74) is -0.264. The van der Waals surface area contributed by atoms with Crippen LogP contribution in [0.2, 0.25) is 5.02 Å². The number of benzene rings is 1. The summed E-state index contributed by atoms with van der Waals surface area (Å²) in [6, 6.07) is 3.08. The maximum atomic E-state index is 14.4. The first kappa shape index (κ1) is 15.3. The van der Waals surface area contributed by atoms with E-state index in [1.54, 1.807) is 6.07 Å². The molecular weight excluding hydrogens is 283 g/mol. The van der Waals surface area contributed by atoms with Crippen molar-refractivity contribution in [3.05, 3.63) is 34.1 Å². The number of carbonyl (C=O) groups is 1. The molecule has 1 aliphatic carbocycles. The van der Waals surface area contributed by atoms with Crippen LogP contribution in [0, 0.1) is 5.82 Å². The van der Waals surface area contributed by atoms with E-state index < -0.39 is 17.2 Å². The van der Waals surface area contributed by atoms with E-state index in [2.05, 4.69) is 0 Å². The van der Waals surface area contributed by atoms with Crippen LogP contribution in [-0.2, 0) is 21.6 Å². The monoisotopic (exact) mass is 300 g/mol. The third-order valence-corrected chi connectivity index (χ3v) is 4.31. The molecule has 0 heterocycles. The third kappa shape index (κ3) is 2.67. The van der Waals surface area contributed by atoms with Gasteiger partial charge < -0.3 is 9.84 Å². The molecule has 0 unspecified atom stereocenters. The normalized spacial score (nSPS) is 17.9. The zero-order valence-corrected chi connectivity index (χ0v) is 12.2. The van der Waals surface area contributed by atoms with Crippen molar-refractivity contribution in [3.8, 4) is 0 Å². The van der Waals surface area contributed by atoms with Gasteiger partial charge in [0.25, 0.3) is 0 Å².